The van der Waals surface area contributed by atoms with Crippen LogP contribution in [-0.4, -0.2) is 30.1 Å². The molecule has 0 radical (unpaired) electrons. The van der Waals surface area contributed by atoms with Crippen LogP contribution in [0, 0.1) is 17.8 Å². The van der Waals surface area contributed by atoms with E-state index in [2.05, 4.69) is 0 Å². The molecule has 0 aliphatic heterocycles. The lowest BCUT2D eigenvalue weighted by molar-refractivity contribution is -0.157. The summed E-state index contributed by atoms with van der Waals surface area (Å²) in [6.07, 6.45) is 2.99. The highest BCUT2D eigenvalue weighted by Crippen LogP contribution is 2.42. The Labute approximate surface area is 95.0 Å². The van der Waals surface area contributed by atoms with Gasteiger partial charge in [0.2, 0.25) is 0 Å². The fraction of sp³-hybridized carbons (Fsp3) is 0.833. The van der Waals surface area contributed by atoms with Gasteiger partial charge in [0, 0.05) is 12.3 Å². The fourth-order valence-electron chi connectivity index (χ4n) is 3.21. The van der Waals surface area contributed by atoms with Gasteiger partial charge in [-0.3, -0.25) is 9.59 Å². The van der Waals surface area contributed by atoms with E-state index in [1.807, 2.05) is 0 Å². The van der Waals surface area contributed by atoms with E-state index in [9.17, 15) is 14.7 Å². The van der Waals surface area contributed by atoms with E-state index >= 15 is 0 Å². The molecule has 16 heavy (non-hydrogen) atoms. The number of hydrogen-bond acceptors (Lipinski definition) is 4. The van der Waals surface area contributed by atoms with Gasteiger partial charge < -0.3 is 9.84 Å². The van der Waals surface area contributed by atoms with E-state index in [0.717, 1.165) is 12.8 Å². The minimum absolute atomic E-state index is 0.0286. The van der Waals surface area contributed by atoms with E-state index in [4.69, 9.17) is 4.74 Å². The van der Waals surface area contributed by atoms with Crippen molar-refractivity contribution in [1.29, 1.82) is 0 Å². The van der Waals surface area contributed by atoms with E-state index in [-0.39, 0.29) is 29.5 Å². The average molecular weight is 226 g/mol. The van der Waals surface area contributed by atoms with Crippen LogP contribution in [0.15, 0.2) is 0 Å². The molecule has 1 N–H and O–H groups in total. The second-order valence-corrected chi connectivity index (χ2v) is 4.82. The first kappa shape index (κ1) is 11.6. The maximum absolute atomic E-state index is 11.9. The molecule has 0 amide bonds. The topological polar surface area (TPSA) is 63.6 Å². The lowest BCUT2D eigenvalue weighted by atomic mass is 9.64. The second kappa shape index (κ2) is 4.53. The number of carbonyl (C=O) groups is 2. The van der Waals surface area contributed by atoms with Gasteiger partial charge in [0.15, 0.2) is 0 Å². The van der Waals surface area contributed by atoms with Crippen LogP contribution in [0.1, 0.15) is 32.1 Å². The number of fused-ring (bicyclic) bond motifs is 1. The molecule has 0 saturated heterocycles. The lowest BCUT2D eigenvalue weighted by Crippen LogP contribution is -2.47. The summed E-state index contributed by atoms with van der Waals surface area (Å²) in [5.41, 5.74) is 0. The molecule has 2 aliphatic carbocycles. The summed E-state index contributed by atoms with van der Waals surface area (Å²) in [5, 5.41) is 9.89. The lowest BCUT2D eigenvalue weighted by Gasteiger charge is -2.41. The van der Waals surface area contributed by atoms with Crippen molar-refractivity contribution in [3.63, 3.8) is 0 Å². The molecule has 4 atom stereocenters. The van der Waals surface area contributed by atoms with Crippen LogP contribution < -0.4 is 0 Å². The second-order valence-electron chi connectivity index (χ2n) is 4.82. The highest BCUT2D eigenvalue weighted by atomic mass is 16.5. The monoisotopic (exact) mass is 226 g/mol. The molecule has 0 heterocycles. The van der Waals surface area contributed by atoms with Gasteiger partial charge >= 0.3 is 5.97 Å². The van der Waals surface area contributed by atoms with Crippen molar-refractivity contribution in [2.75, 3.05) is 7.11 Å². The Morgan fingerprint density at radius 2 is 2.12 bits per heavy atom. The molecule has 0 spiro atoms. The maximum Gasteiger partial charge on any atom is 0.309 e. The molecule has 0 aromatic carbocycles. The Balaban J connectivity index is 2.21. The number of esters is 1. The average Bonchev–Trinajstić information content (AvgIpc) is 2.32. The third-order valence-corrected chi connectivity index (χ3v) is 4.00. The molecule has 0 aromatic heterocycles. The van der Waals surface area contributed by atoms with Gasteiger partial charge in [-0.15, -0.1) is 0 Å². The minimum atomic E-state index is -0.421. The number of aliphatic hydroxyl groups excluding tert-OH is 1. The molecule has 4 heteroatoms. The quantitative estimate of drug-likeness (QED) is 0.675. The summed E-state index contributed by atoms with van der Waals surface area (Å²) in [5.74, 6) is -0.821. The number of methoxy groups -OCH3 is 1. The predicted octanol–water partition coefficient (Wildman–Crippen LogP) is 0.916. The molecular formula is C12H18O4. The number of hydrogen-bond donors (Lipinski definition) is 1. The van der Waals surface area contributed by atoms with Crippen LogP contribution in [-0.2, 0) is 14.3 Å². The van der Waals surface area contributed by atoms with Crippen LogP contribution in [0.3, 0.4) is 0 Å². The smallest absolute Gasteiger partial charge is 0.309 e. The minimum Gasteiger partial charge on any atom is -0.469 e. The van der Waals surface area contributed by atoms with Gasteiger partial charge in [0.1, 0.15) is 5.78 Å². The summed E-state index contributed by atoms with van der Waals surface area (Å²) >= 11 is 0. The SMILES string of the molecule is COC(=O)[C@@H]1CCC[C@H]2[C@@H]1C(=O)CC[C@H]2O. The third-order valence-electron chi connectivity index (χ3n) is 4.00. The van der Waals surface area contributed by atoms with Crippen molar-refractivity contribution in [3.05, 3.63) is 0 Å². The standard InChI is InChI=1S/C12H18O4/c1-16-12(15)8-4-2-3-7-9(13)5-6-10(14)11(7)8/h7-9,11,13H,2-6H2,1H3/t7-,8-,9-,11+/m1/s1. The molecule has 2 aliphatic rings. The van der Waals surface area contributed by atoms with Gasteiger partial charge in [0.25, 0.3) is 0 Å². The first-order valence-electron chi connectivity index (χ1n) is 5.93. The van der Waals surface area contributed by atoms with Crippen molar-refractivity contribution < 1.29 is 19.4 Å². The molecule has 0 unspecified atom stereocenters. The van der Waals surface area contributed by atoms with Crippen LogP contribution in [0.2, 0.25) is 0 Å². The van der Waals surface area contributed by atoms with Gasteiger partial charge in [-0.1, -0.05) is 6.42 Å². The van der Waals surface area contributed by atoms with Crippen molar-refractivity contribution in [1.82, 2.24) is 0 Å². The predicted molar refractivity (Wildman–Crippen MR) is 56.6 cm³/mol. The van der Waals surface area contributed by atoms with E-state index in [0.29, 0.717) is 19.3 Å². The highest BCUT2D eigenvalue weighted by molar-refractivity contribution is 5.88. The normalized spacial score (nSPS) is 39.0. The Morgan fingerprint density at radius 3 is 2.81 bits per heavy atom. The van der Waals surface area contributed by atoms with Crippen molar-refractivity contribution in [2.24, 2.45) is 17.8 Å². The van der Waals surface area contributed by atoms with Crippen LogP contribution in [0.5, 0.6) is 0 Å². The summed E-state index contributed by atoms with van der Waals surface area (Å²) in [6.45, 7) is 0. The molecule has 0 bridgehead atoms. The first-order valence-corrected chi connectivity index (χ1v) is 5.93. The summed E-state index contributed by atoms with van der Waals surface area (Å²) in [6, 6.07) is 0. The number of carbonyl (C=O) groups excluding carboxylic acids is 2. The highest BCUT2D eigenvalue weighted by Gasteiger charge is 2.47. The zero-order valence-electron chi connectivity index (χ0n) is 9.52. The maximum atomic E-state index is 11.9. The van der Waals surface area contributed by atoms with Gasteiger partial charge in [0.05, 0.1) is 19.1 Å². The molecule has 0 aromatic rings. The molecular weight excluding hydrogens is 208 g/mol. The summed E-state index contributed by atoms with van der Waals surface area (Å²) in [4.78, 5) is 23.5. The van der Waals surface area contributed by atoms with Gasteiger partial charge in [-0.05, 0) is 25.2 Å². The van der Waals surface area contributed by atoms with Crippen molar-refractivity contribution in [2.45, 2.75) is 38.2 Å². The number of aliphatic hydroxyl groups is 1. The van der Waals surface area contributed by atoms with E-state index in [1.54, 1.807) is 0 Å². The van der Waals surface area contributed by atoms with Crippen molar-refractivity contribution in [3.8, 4) is 0 Å². The van der Waals surface area contributed by atoms with Gasteiger partial charge in [-0.2, -0.15) is 0 Å². The zero-order valence-corrected chi connectivity index (χ0v) is 9.52. The third kappa shape index (κ3) is 1.86. The summed E-state index contributed by atoms with van der Waals surface area (Å²) < 4.78 is 4.75. The van der Waals surface area contributed by atoms with E-state index in [1.165, 1.54) is 7.11 Å². The Bertz CT molecular complexity index is 299. The zero-order chi connectivity index (χ0) is 11.7. The number of ether oxygens (including phenoxy) is 1. The van der Waals surface area contributed by atoms with Crippen LogP contribution in [0.25, 0.3) is 0 Å². The number of Topliss-reactive ketones (excluding diaryl/α,β-unsaturated/α-hetero) is 1. The molecule has 2 saturated carbocycles. The fourth-order valence-corrected chi connectivity index (χ4v) is 3.21. The molecule has 2 fully saturated rings. The molecule has 90 valence electrons. The first-order chi connectivity index (χ1) is 7.65. The van der Waals surface area contributed by atoms with Crippen LogP contribution >= 0.6 is 0 Å². The Hall–Kier alpha value is -0.900. The number of ketones is 1. The largest absolute Gasteiger partial charge is 0.469 e. The van der Waals surface area contributed by atoms with Gasteiger partial charge in [-0.25, -0.2) is 0 Å². The van der Waals surface area contributed by atoms with Crippen LogP contribution in [0.4, 0.5) is 0 Å². The number of rotatable bonds is 1. The molecule has 4 nitrogen and oxygen atoms in total. The summed E-state index contributed by atoms with van der Waals surface area (Å²) in [7, 11) is 1.36. The molecule has 2 rings (SSSR count). The van der Waals surface area contributed by atoms with E-state index < -0.39 is 6.10 Å². The Morgan fingerprint density at radius 1 is 1.38 bits per heavy atom. The van der Waals surface area contributed by atoms with Crippen molar-refractivity contribution >= 4 is 11.8 Å². The Kier molecular flexibility index (Phi) is 3.28.